The van der Waals surface area contributed by atoms with Gasteiger partial charge in [0, 0.05) is 4.88 Å². The van der Waals surface area contributed by atoms with E-state index in [4.69, 9.17) is 0 Å². The Balaban J connectivity index is 2.22. The number of esters is 1. The number of anilines is 1. The minimum atomic E-state index is -4.64. The number of nitrogens with one attached hydrogen (secondary N) is 1. The van der Waals surface area contributed by atoms with Crippen molar-refractivity contribution in [2.75, 3.05) is 12.4 Å². The van der Waals surface area contributed by atoms with Crippen LogP contribution in [0.5, 0.6) is 0 Å². The topological polar surface area (TPSA) is 68.3 Å². The van der Waals surface area contributed by atoms with Crippen LogP contribution in [0, 0.1) is 6.92 Å². The van der Waals surface area contributed by atoms with Crippen molar-refractivity contribution in [3.8, 4) is 0 Å². The molecule has 0 aliphatic heterocycles. The molecule has 5 nitrogen and oxygen atoms in total. The number of amides is 1. The van der Waals surface area contributed by atoms with Crippen LogP contribution in [0.3, 0.4) is 0 Å². The molecular weight excluding hydrogens is 345 g/mol. The average Bonchev–Trinajstić information content (AvgIpc) is 2.85. The lowest BCUT2D eigenvalue weighted by Crippen LogP contribution is -2.18. The number of thiazole rings is 1. The van der Waals surface area contributed by atoms with Gasteiger partial charge in [0.05, 0.1) is 30.4 Å². The summed E-state index contributed by atoms with van der Waals surface area (Å²) < 4.78 is 43.4. The molecule has 0 bridgehead atoms. The van der Waals surface area contributed by atoms with E-state index in [2.05, 4.69) is 15.0 Å². The van der Waals surface area contributed by atoms with Crippen molar-refractivity contribution in [2.45, 2.75) is 19.5 Å². The number of alkyl halides is 3. The zero-order chi connectivity index (χ0) is 17.9. The van der Waals surface area contributed by atoms with Gasteiger partial charge in [-0.25, -0.2) is 4.98 Å². The second kappa shape index (κ2) is 7.00. The summed E-state index contributed by atoms with van der Waals surface area (Å²) in [4.78, 5) is 28.1. The highest BCUT2D eigenvalue weighted by Gasteiger charge is 2.35. The third kappa shape index (κ3) is 4.10. The Morgan fingerprint density at radius 3 is 2.58 bits per heavy atom. The molecule has 0 unspecified atom stereocenters. The maximum absolute atomic E-state index is 13.0. The molecule has 0 radical (unpaired) electrons. The quantitative estimate of drug-likeness (QED) is 0.850. The highest BCUT2D eigenvalue weighted by Crippen LogP contribution is 2.32. The number of carbonyl (C=O) groups is 2. The molecule has 1 heterocycles. The molecule has 2 aromatic rings. The monoisotopic (exact) mass is 358 g/mol. The molecule has 1 N–H and O–H groups in total. The Kier molecular flexibility index (Phi) is 5.23. The number of hydrogen-bond donors (Lipinski definition) is 1. The smallest absolute Gasteiger partial charge is 0.417 e. The Morgan fingerprint density at radius 1 is 1.29 bits per heavy atom. The van der Waals surface area contributed by atoms with Crippen molar-refractivity contribution in [3.63, 3.8) is 0 Å². The van der Waals surface area contributed by atoms with E-state index in [0.29, 0.717) is 10.6 Å². The summed E-state index contributed by atoms with van der Waals surface area (Å²) in [6.07, 6.45) is -4.65. The van der Waals surface area contributed by atoms with Crippen LogP contribution in [0.1, 0.15) is 26.5 Å². The zero-order valence-electron chi connectivity index (χ0n) is 12.7. The molecule has 0 fully saturated rings. The van der Waals surface area contributed by atoms with E-state index in [0.717, 1.165) is 23.5 Å². The number of aromatic nitrogens is 1. The first-order valence-electron chi connectivity index (χ1n) is 6.73. The summed E-state index contributed by atoms with van der Waals surface area (Å²) in [6.45, 7) is 1.63. The summed E-state index contributed by atoms with van der Waals surface area (Å²) >= 11 is 1.01. The summed E-state index contributed by atoms with van der Waals surface area (Å²) in [5, 5.41) is 2.46. The normalized spacial score (nSPS) is 11.2. The van der Waals surface area contributed by atoms with E-state index in [9.17, 15) is 22.8 Å². The molecule has 1 aromatic carbocycles. The zero-order valence-corrected chi connectivity index (χ0v) is 13.5. The summed E-state index contributed by atoms with van der Waals surface area (Å²) in [5.41, 5.74) is -1.01. The van der Waals surface area contributed by atoms with Crippen LogP contribution in [0.15, 0.2) is 24.3 Å². The molecule has 1 amide bonds. The van der Waals surface area contributed by atoms with E-state index in [1.165, 1.54) is 19.2 Å². The Morgan fingerprint density at radius 2 is 1.96 bits per heavy atom. The van der Waals surface area contributed by atoms with Crippen LogP contribution >= 0.6 is 11.3 Å². The van der Waals surface area contributed by atoms with Crippen molar-refractivity contribution >= 4 is 28.3 Å². The average molecular weight is 358 g/mol. The third-order valence-corrected chi connectivity index (χ3v) is 4.20. The number of methoxy groups -OCH3 is 1. The van der Waals surface area contributed by atoms with Crippen LogP contribution in [-0.4, -0.2) is 24.0 Å². The maximum Gasteiger partial charge on any atom is 0.417 e. The van der Waals surface area contributed by atoms with Crippen LogP contribution < -0.4 is 5.32 Å². The Bertz CT molecular complexity index is 772. The first-order chi connectivity index (χ1) is 11.2. The van der Waals surface area contributed by atoms with Crippen molar-refractivity contribution in [2.24, 2.45) is 0 Å². The molecule has 0 aliphatic rings. The Hall–Kier alpha value is -2.42. The summed E-state index contributed by atoms with van der Waals surface area (Å²) in [5.74, 6) is -1.39. The number of ether oxygens (including phenoxy) is 1. The summed E-state index contributed by atoms with van der Waals surface area (Å²) in [6, 6.07) is 4.49. The molecule has 24 heavy (non-hydrogen) atoms. The first kappa shape index (κ1) is 17.9. The lowest BCUT2D eigenvalue weighted by atomic mass is 10.1. The van der Waals surface area contributed by atoms with Gasteiger partial charge in [-0.1, -0.05) is 12.1 Å². The highest BCUT2D eigenvalue weighted by molar-refractivity contribution is 7.16. The molecular formula is C15H13F3N2O3S. The number of hydrogen-bond acceptors (Lipinski definition) is 5. The van der Waals surface area contributed by atoms with Gasteiger partial charge in [0.15, 0.2) is 5.13 Å². The number of carbonyl (C=O) groups excluding carboxylic acids is 2. The second-order valence-corrected chi connectivity index (χ2v) is 5.86. The molecule has 128 valence electrons. The van der Waals surface area contributed by atoms with Crippen LogP contribution in [-0.2, 0) is 22.1 Å². The fourth-order valence-corrected chi connectivity index (χ4v) is 2.88. The lowest BCUT2D eigenvalue weighted by Gasteiger charge is -2.11. The van der Waals surface area contributed by atoms with Gasteiger partial charge in [-0.05, 0) is 19.1 Å². The fourth-order valence-electron chi connectivity index (χ4n) is 1.94. The van der Waals surface area contributed by atoms with E-state index in [-0.39, 0.29) is 11.6 Å². The number of rotatable bonds is 4. The van der Waals surface area contributed by atoms with Gasteiger partial charge in [0.25, 0.3) is 5.91 Å². The van der Waals surface area contributed by atoms with Crippen molar-refractivity contribution in [3.05, 3.63) is 46.0 Å². The van der Waals surface area contributed by atoms with Crippen LogP contribution in [0.4, 0.5) is 18.3 Å². The Labute approximate surface area is 139 Å². The predicted octanol–water partition coefficient (Wildman–Crippen LogP) is 3.44. The number of benzene rings is 1. The van der Waals surface area contributed by atoms with E-state index >= 15 is 0 Å². The standard InChI is InChI=1S/C15H13F3N2O3S/c1-8-11(7-12(21)23-2)24-14(19-8)20-13(22)9-5-3-4-6-10(9)15(16,17)18/h3-6H,7H2,1-2H3,(H,19,20,22). The number of halogens is 3. The molecule has 1 aromatic heterocycles. The van der Waals surface area contributed by atoms with Crippen molar-refractivity contribution < 1.29 is 27.5 Å². The first-order valence-corrected chi connectivity index (χ1v) is 7.54. The minimum absolute atomic E-state index is 0.0188. The largest absolute Gasteiger partial charge is 0.469 e. The van der Waals surface area contributed by atoms with E-state index < -0.39 is 29.2 Å². The third-order valence-electron chi connectivity index (χ3n) is 3.12. The van der Waals surface area contributed by atoms with Crippen LogP contribution in [0.25, 0.3) is 0 Å². The second-order valence-electron chi connectivity index (χ2n) is 4.78. The van der Waals surface area contributed by atoms with Gasteiger partial charge >= 0.3 is 12.1 Å². The molecule has 0 saturated carbocycles. The molecule has 0 atom stereocenters. The number of aryl methyl sites for hydroxylation is 1. The minimum Gasteiger partial charge on any atom is -0.469 e. The van der Waals surface area contributed by atoms with Gasteiger partial charge in [-0.2, -0.15) is 13.2 Å². The van der Waals surface area contributed by atoms with Crippen molar-refractivity contribution in [1.82, 2.24) is 4.98 Å². The van der Waals surface area contributed by atoms with Gasteiger partial charge in [-0.3, -0.25) is 14.9 Å². The highest BCUT2D eigenvalue weighted by atomic mass is 32.1. The van der Waals surface area contributed by atoms with Gasteiger partial charge in [0.1, 0.15) is 0 Å². The van der Waals surface area contributed by atoms with Gasteiger partial charge in [0.2, 0.25) is 0 Å². The van der Waals surface area contributed by atoms with Crippen LogP contribution in [0.2, 0.25) is 0 Å². The predicted molar refractivity (Wildman–Crippen MR) is 82.0 cm³/mol. The molecule has 9 heteroatoms. The maximum atomic E-state index is 13.0. The molecule has 0 saturated heterocycles. The summed E-state index contributed by atoms with van der Waals surface area (Å²) in [7, 11) is 1.25. The van der Waals surface area contributed by atoms with Gasteiger partial charge < -0.3 is 4.74 Å². The lowest BCUT2D eigenvalue weighted by molar-refractivity contribution is -0.140. The van der Waals surface area contributed by atoms with Crippen molar-refractivity contribution in [1.29, 1.82) is 0 Å². The van der Waals surface area contributed by atoms with E-state index in [1.54, 1.807) is 6.92 Å². The molecule has 0 spiro atoms. The fraction of sp³-hybridized carbons (Fsp3) is 0.267. The number of nitrogens with zero attached hydrogens (tertiary/aromatic N) is 1. The van der Waals surface area contributed by atoms with E-state index in [1.807, 2.05) is 0 Å². The SMILES string of the molecule is COC(=O)Cc1sc(NC(=O)c2ccccc2C(F)(F)F)nc1C. The molecule has 2 rings (SSSR count). The van der Waals surface area contributed by atoms with Gasteiger partial charge in [-0.15, -0.1) is 11.3 Å². The molecule has 0 aliphatic carbocycles.